The molecule has 144 valence electrons. The number of aromatic nitrogens is 2. The number of nitrogens with one attached hydrogen (secondary N) is 1. The number of phenols is 1. The first-order valence-corrected chi connectivity index (χ1v) is 9.40. The number of carboxylic acid groups (broad SMARTS) is 1. The summed E-state index contributed by atoms with van der Waals surface area (Å²) in [7, 11) is 0. The molecule has 0 spiro atoms. The predicted molar refractivity (Wildman–Crippen MR) is 106 cm³/mol. The topological polar surface area (TPSA) is 98.6 Å². The number of hydrogen-bond donors (Lipinski definition) is 3. The lowest BCUT2D eigenvalue weighted by atomic mass is 10.1. The van der Waals surface area contributed by atoms with Crippen molar-refractivity contribution in [2.45, 2.75) is 12.5 Å². The largest absolute Gasteiger partial charge is 0.507 e. The van der Waals surface area contributed by atoms with E-state index in [0.29, 0.717) is 30.8 Å². The molecule has 1 aliphatic rings. The van der Waals surface area contributed by atoms with Gasteiger partial charge in [-0.05, 0) is 42.8 Å². The predicted octanol–water partition coefficient (Wildman–Crippen LogP) is 4.07. The lowest BCUT2D eigenvalue weighted by Crippen LogP contribution is -2.30. The van der Waals surface area contributed by atoms with Crippen molar-refractivity contribution >= 4 is 38.7 Å². The molecular formula is C19H16BrFN4O3. The van der Waals surface area contributed by atoms with Gasteiger partial charge in [-0.3, -0.25) is 0 Å². The zero-order valence-corrected chi connectivity index (χ0v) is 16.1. The molecule has 1 amide bonds. The molecule has 7 nitrogen and oxygen atoms in total. The Bertz CT molecular complexity index is 1080. The maximum atomic E-state index is 13.7. The van der Waals surface area contributed by atoms with Crippen molar-refractivity contribution in [1.29, 1.82) is 0 Å². The van der Waals surface area contributed by atoms with Crippen LogP contribution in [0.3, 0.4) is 0 Å². The summed E-state index contributed by atoms with van der Waals surface area (Å²) in [4.78, 5) is 21.5. The van der Waals surface area contributed by atoms with Crippen LogP contribution in [0.15, 0.2) is 40.9 Å². The third-order valence-corrected chi connectivity index (χ3v) is 5.15. The van der Waals surface area contributed by atoms with Gasteiger partial charge in [0.15, 0.2) is 5.82 Å². The van der Waals surface area contributed by atoms with Gasteiger partial charge in [0.2, 0.25) is 0 Å². The van der Waals surface area contributed by atoms with Crippen LogP contribution in [0.5, 0.6) is 5.75 Å². The van der Waals surface area contributed by atoms with Crippen LogP contribution in [-0.2, 0) is 0 Å². The first-order chi connectivity index (χ1) is 13.4. The van der Waals surface area contributed by atoms with E-state index in [1.165, 1.54) is 17.0 Å². The van der Waals surface area contributed by atoms with E-state index in [1.54, 1.807) is 6.07 Å². The highest BCUT2D eigenvalue weighted by Crippen LogP contribution is 2.32. The maximum absolute atomic E-state index is 13.7. The Labute approximate surface area is 168 Å². The van der Waals surface area contributed by atoms with Gasteiger partial charge in [-0.25, -0.2) is 19.2 Å². The number of benzene rings is 2. The molecule has 0 saturated carbocycles. The van der Waals surface area contributed by atoms with Gasteiger partial charge in [-0.1, -0.05) is 15.9 Å². The number of amides is 1. The van der Waals surface area contributed by atoms with Crippen molar-refractivity contribution in [2.24, 2.45) is 0 Å². The van der Waals surface area contributed by atoms with Crippen LogP contribution in [0.4, 0.5) is 15.0 Å². The number of nitrogens with zero attached hydrogens (tertiary/aromatic N) is 3. The molecule has 2 heterocycles. The molecule has 4 rings (SSSR count). The average molecular weight is 447 g/mol. The number of halogens is 2. The fourth-order valence-electron chi connectivity index (χ4n) is 3.27. The number of carbonyl (C=O) groups is 1. The Hall–Kier alpha value is -2.94. The number of aromatic hydroxyl groups is 1. The smallest absolute Gasteiger partial charge is 0.407 e. The van der Waals surface area contributed by atoms with E-state index in [9.17, 15) is 14.3 Å². The van der Waals surface area contributed by atoms with Crippen LogP contribution >= 0.6 is 15.9 Å². The molecule has 1 aliphatic heterocycles. The maximum Gasteiger partial charge on any atom is 0.407 e. The molecule has 1 unspecified atom stereocenters. The molecule has 1 fully saturated rings. The Morgan fingerprint density at radius 3 is 2.82 bits per heavy atom. The van der Waals surface area contributed by atoms with Crippen molar-refractivity contribution < 1.29 is 19.4 Å². The summed E-state index contributed by atoms with van der Waals surface area (Å²) >= 11 is 3.41. The molecule has 3 aromatic rings. The highest BCUT2D eigenvalue weighted by atomic mass is 79.9. The number of fused-ring (bicyclic) bond motifs is 1. The number of phenolic OH excluding ortho intramolecular Hbond substituents is 1. The third kappa shape index (κ3) is 3.57. The van der Waals surface area contributed by atoms with Gasteiger partial charge in [-0.15, -0.1) is 0 Å². The normalized spacial score (nSPS) is 16.5. The van der Waals surface area contributed by atoms with Crippen molar-refractivity contribution in [1.82, 2.24) is 14.9 Å². The van der Waals surface area contributed by atoms with Gasteiger partial charge in [-0.2, -0.15) is 0 Å². The summed E-state index contributed by atoms with van der Waals surface area (Å²) in [5.41, 5.74) is 0.794. The average Bonchev–Trinajstić information content (AvgIpc) is 3.12. The lowest BCUT2D eigenvalue weighted by molar-refractivity contribution is 0.155. The Balaban J connectivity index is 1.78. The van der Waals surface area contributed by atoms with Gasteiger partial charge in [0.25, 0.3) is 0 Å². The Kier molecular flexibility index (Phi) is 4.76. The molecule has 9 heteroatoms. The Morgan fingerprint density at radius 2 is 2.07 bits per heavy atom. The SMILES string of the molecule is O=C(O)N1CCC(Nc2nc(-c3cc(F)ccc3O)nc3cc(Br)ccc23)C1. The summed E-state index contributed by atoms with van der Waals surface area (Å²) in [6, 6.07) is 9.00. The van der Waals surface area contributed by atoms with E-state index in [-0.39, 0.29) is 23.2 Å². The van der Waals surface area contributed by atoms with Crippen LogP contribution < -0.4 is 5.32 Å². The lowest BCUT2D eigenvalue weighted by Gasteiger charge is -2.17. The van der Waals surface area contributed by atoms with E-state index >= 15 is 0 Å². The fraction of sp³-hybridized carbons (Fsp3) is 0.211. The molecule has 2 aromatic carbocycles. The second-order valence-electron chi connectivity index (χ2n) is 6.58. The third-order valence-electron chi connectivity index (χ3n) is 4.66. The zero-order chi connectivity index (χ0) is 19.8. The van der Waals surface area contributed by atoms with E-state index in [0.717, 1.165) is 15.9 Å². The number of rotatable bonds is 3. The quantitative estimate of drug-likeness (QED) is 0.560. The first kappa shape index (κ1) is 18.4. The van der Waals surface area contributed by atoms with E-state index in [1.807, 2.05) is 12.1 Å². The monoisotopic (exact) mass is 446 g/mol. The molecule has 3 N–H and O–H groups in total. The number of likely N-dealkylation sites (tertiary alicyclic amines) is 1. The molecule has 1 saturated heterocycles. The van der Waals surface area contributed by atoms with Gasteiger partial charge in [0.05, 0.1) is 11.1 Å². The summed E-state index contributed by atoms with van der Waals surface area (Å²) in [6.07, 6.45) is -0.305. The minimum atomic E-state index is -0.953. The standard InChI is InChI=1S/C19H16BrFN4O3/c20-10-1-3-13-15(7-10)23-18(14-8-11(21)2-4-16(14)26)24-17(13)22-12-5-6-25(9-12)19(27)28/h1-4,7-8,12,26H,5-6,9H2,(H,27,28)(H,22,23,24). The molecule has 28 heavy (non-hydrogen) atoms. The van der Waals surface area contributed by atoms with E-state index < -0.39 is 11.9 Å². The van der Waals surface area contributed by atoms with Crippen LogP contribution in [0, 0.1) is 5.82 Å². The van der Waals surface area contributed by atoms with Crippen molar-refractivity contribution in [2.75, 3.05) is 18.4 Å². The zero-order valence-electron chi connectivity index (χ0n) is 14.6. The number of anilines is 1. The van der Waals surface area contributed by atoms with Crippen LogP contribution in [0.1, 0.15) is 6.42 Å². The second kappa shape index (κ2) is 7.23. The highest BCUT2D eigenvalue weighted by molar-refractivity contribution is 9.10. The molecule has 1 atom stereocenters. The van der Waals surface area contributed by atoms with Crippen molar-refractivity contribution in [3.8, 4) is 17.1 Å². The fourth-order valence-corrected chi connectivity index (χ4v) is 3.61. The summed E-state index contributed by atoms with van der Waals surface area (Å²) < 4.78 is 14.5. The van der Waals surface area contributed by atoms with Gasteiger partial charge < -0.3 is 20.4 Å². The minimum Gasteiger partial charge on any atom is -0.507 e. The minimum absolute atomic E-state index is 0.105. The summed E-state index contributed by atoms with van der Waals surface area (Å²) in [6.45, 7) is 0.789. The molecule has 0 aliphatic carbocycles. The summed E-state index contributed by atoms with van der Waals surface area (Å²) in [5, 5.41) is 23.3. The van der Waals surface area contributed by atoms with E-state index in [2.05, 4.69) is 31.2 Å². The molecule has 0 radical (unpaired) electrons. The van der Waals surface area contributed by atoms with Crippen LogP contribution in [0.25, 0.3) is 22.3 Å². The summed E-state index contributed by atoms with van der Waals surface area (Å²) in [5.74, 6) is 0.0549. The first-order valence-electron chi connectivity index (χ1n) is 8.61. The molecule has 1 aromatic heterocycles. The molecule has 0 bridgehead atoms. The van der Waals surface area contributed by atoms with Gasteiger partial charge >= 0.3 is 6.09 Å². The van der Waals surface area contributed by atoms with Crippen molar-refractivity contribution in [3.05, 3.63) is 46.7 Å². The highest BCUT2D eigenvalue weighted by Gasteiger charge is 2.26. The van der Waals surface area contributed by atoms with Crippen LogP contribution in [-0.4, -0.2) is 50.3 Å². The van der Waals surface area contributed by atoms with Gasteiger partial charge in [0.1, 0.15) is 17.4 Å². The number of hydrogen-bond acceptors (Lipinski definition) is 5. The van der Waals surface area contributed by atoms with Gasteiger partial charge in [0, 0.05) is 29.0 Å². The molecular weight excluding hydrogens is 431 g/mol. The Morgan fingerprint density at radius 1 is 1.25 bits per heavy atom. The van der Waals surface area contributed by atoms with Crippen LogP contribution in [0.2, 0.25) is 0 Å². The second-order valence-corrected chi connectivity index (χ2v) is 7.49. The van der Waals surface area contributed by atoms with E-state index in [4.69, 9.17) is 5.11 Å². The van der Waals surface area contributed by atoms with Crippen molar-refractivity contribution in [3.63, 3.8) is 0 Å².